The number of hydrogen-bond donors (Lipinski definition) is 0. The molecule has 2 heterocycles. The van der Waals surface area contributed by atoms with Crippen LogP contribution in [0.15, 0.2) is 64.2 Å². The van der Waals surface area contributed by atoms with Crippen LogP contribution in [0.2, 0.25) is 0 Å². The van der Waals surface area contributed by atoms with Crippen LogP contribution < -0.4 is 9.04 Å². The molecule has 4 rings (SSSR count). The summed E-state index contributed by atoms with van der Waals surface area (Å²) in [6.07, 6.45) is 1.49. The smallest absolute Gasteiger partial charge is 0.264 e. The van der Waals surface area contributed by atoms with Crippen molar-refractivity contribution in [3.05, 3.63) is 69.8 Å². The molecule has 0 aliphatic rings. The highest BCUT2D eigenvalue weighted by atomic mass is 79.9. The van der Waals surface area contributed by atoms with E-state index in [9.17, 15) is 8.42 Å². The van der Waals surface area contributed by atoms with Gasteiger partial charge in [0.1, 0.15) is 16.9 Å². The second kappa shape index (κ2) is 7.98. The third kappa shape index (κ3) is 3.80. The Morgan fingerprint density at radius 2 is 1.67 bits per heavy atom. The number of ether oxygens (including phenoxy) is 1. The average Bonchev–Trinajstić information content (AvgIpc) is 3.03. The van der Waals surface area contributed by atoms with Crippen molar-refractivity contribution < 1.29 is 13.2 Å². The first-order valence-corrected chi connectivity index (χ1v) is 12.1. The molecule has 0 saturated carbocycles. The lowest BCUT2D eigenvalue weighted by Gasteiger charge is -2.20. The number of sulfonamides is 1. The minimum absolute atomic E-state index is 0.222. The molecule has 0 spiro atoms. The molecule has 0 bridgehead atoms. The summed E-state index contributed by atoms with van der Waals surface area (Å²) in [6, 6.07) is 13.4. The number of hydrogen-bond acceptors (Lipinski definition) is 6. The van der Waals surface area contributed by atoms with Gasteiger partial charge in [0, 0.05) is 16.4 Å². The predicted octanol–water partition coefficient (Wildman–Crippen LogP) is 5.69. The van der Waals surface area contributed by atoms with Crippen LogP contribution in [0.1, 0.15) is 10.4 Å². The van der Waals surface area contributed by atoms with Gasteiger partial charge in [0.25, 0.3) is 10.0 Å². The van der Waals surface area contributed by atoms with Crippen molar-refractivity contribution in [1.82, 2.24) is 9.97 Å². The van der Waals surface area contributed by atoms with Crippen LogP contribution >= 0.6 is 27.3 Å². The lowest BCUT2D eigenvalue weighted by molar-refractivity contribution is 0.468. The first-order valence-electron chi connectivity index (χ1n) is 9.00. The summed E-state index contributed by atoms with van der Waals surface area (Å²) in [5.74, 6) is 1.06. The van der Waals surface area contributed by atoms with Crippen LogP contribution in [-0.2, 0) is 10.0 Å². The molecule has 30 heavy (non-hydrogen) atoms. The lowest BCUT2D eigenvalue weighted by atomic mass is 10.2. The molecule has 0 fully saturated rings. The van der Waals surface area contributed by atoms with Crippen LogP contribution in [0.3, 0.4) is 0 Å². The van der Waals surface area contributed by atoms with Crippen LogP contribution in [0.5, 0.6) is 11.6 Å². The van der Waals surface area contributed by atoms with E-state index >= 15 is 0 Å². The van der Waals surface area contributed by atoms with Crippen LogP contribution in [0.25, 0.3) is 10.2 Å². The Labute approximate surface area is 187 Å². The second-order valence-electron chi connectivity index (χ2n) is 6.66. The molecule has 0 saturated heterocycles. The summed E-state index contributed by atoms with van der Waals surface area (Å²) in [6.45, 7) is 4.07. The molecule has 0 unspecified atom stereocenters. The summed E-state index contributed by atoms with van der Waals surface area (Å²) in [5, 5.41) is 0.902. The molecule has 0 amide bonds. The SMILES string of the molecule is Cc1sc2ncnc(Oc3ccc(N(C)S(=O)(=O)c4ccc(Br)cc4)cc3)c2c1C. The zero-order chi connectivity index (χ0) is 21.5. The van der Waals surface area contributed by atoms with Gasteiger partial charge in [-0.05, 0) is 67.9 Å². The fourth-order valence-corrected chi connectivity index (χ4v) is 5.41. The molecule has 4 aromatic rings. The number of rotatable bonds is 5. The fourth-order valence-electron chi connectivity index (χ4n) is 2.97. The molecule has 9 heteroatoms. The summed E-state index contributed by atoms with van der Waals surface area (Å²) in [4.78, 5) is 10.9. The lowest BCUT2D eigenvalue weighted by Crippen LogP contribution is -2.26. The van der Waals surface area contributed by atoms with E-state index in [1.54, 1.807) is 59.9 Å². The van der Waals surface area contributed by atoms with Crippen molar-refractivity contribution in [2.24, 2.45) is 0 Å². The molecule has 154 valence electrons. The summed E-state index contributed by atoms with van der Waals surface area (Å²) >= 11 is 4.92. The Kier molecular flexibility index (Phi) is 5.52. The highest BCUT2D eigenvalue weighted by Gasteiger charge is 2.21. The van der Waals surface area contributed by atoms with Crippen LogP contribution in [-0.4, -0.2) is 25.4 Å². The van der Waals surface area contributed by atoms with E-state index in [4.69, 9.17) is 4.74 Å². The number of benzene rings is 2. The highest BCUT2D eigenvalue weighted by Crippen LogP contribution is 2.36. The van der Waals surface area contributed by atoms with Crippen molar-refractivity contribution >= 4 is 53.2 Å². The maximum absolute atomic E-state index is 12.9. The predicted molar refractivity (Wildman–Crippen MR) is 123 cm³/mol. The van der Waals surface area contributed by atoms with Crippen LogP contribution in [0.4, 0.5) is 5.69 Å². The number of aryl methyl sites for hydroxylation is 2. The number of anilines is 1. The zero-order valence-electron chi connectivity index (χ0n) is 16.5. The Balaban J connectivity index is 1.60. The van der Waals surface area contributed by atoms with E-state index in [1.807, 2.05) is 13.8 Å². The monoisotopic (exact) mass is 503 g/mol. The van der Waals surface area contributed by atoms with Gasteiger partial charge in [-0.2, -0.15) is 0 Å². The van der Waals surface area contributed by atoms with Gasteiger partial charge in [-0.15, -0.1) is 11.3 Å². The van der Waals surface area contributed by atoms with Crippen molar-refractivity contribution in [3.8, 4) is 11.6 Å². The van der Waals surface area contributed by atoms with Crippen molar-refractivity contribution in [2.75, 3.05) is 11.4 Å². The number of thiophene rings is 1. The fraction of sp³-hybridized carbons (Fsp3) is 0.143. The van der Waals surface area contributed by atoms with E-state index in [0.717, 1.165) is 20.3 Å². The molecule has 0 N–H and O–H groups in total. The normalized spacial score (nSPS) is 11.6. The van der Waals surface area contributed by atoms with Crippen molar-refractivity contribution in [1.29, 1.82) is 0 Å². The van der Waals surface area contributed by atoms with Crippen molar-refractivity contribution in [2.45, 2.75) is 18.7 Å². The maximum Gasteiger partial charge on any atom is 0.264 e. The van der Waals surface area contributed by atoms with E-state index in [2.05, 4.69) is 25.9 Å². The molecule has 0 atom stereocenters. The Morgan fingerprint density at radius 3 is 2.33 bits per heavy atom. The van der Waals surface area contributed by atoms with E-state index < -0.39 is 10.0 Å². The maximum atomic E-state index is 12.9. The van der Waals surface area contributed by atoms with Gasteiger partial charge in [0.2, 0.25) is 5.88 Å². The van der Waals surface area contributed by atoms with Crippen LogP contribution in [0, 0.1) is 13.8 Å². The van der Waals surface area contributed by atoms with Gasteiger partial charge >= 0.3 is 0 Å². The van der Waals surface area contributed by atoms with Crippen molar-refractivity contribution in [3.63, 3.8) is 0 Å². The summed E-state index contributed by atoms with van der Waals surface area (Å²) in [5.41, 5.74) is 1.63. The standard InChI is InChI=1S/C21H18BrN3O3S2/c1-13-14(2)29-21-19(13)20(23-12-24-21)28-17-8-6-16(7-9-17)25(3)30(26,27)18-10-4-15(22)5-11-18/h4-12H,1-3H3. The third-order valence-corrected chi connectivity index (χ3v) is 8.26. The minimum atomic E-state index is -3.66. The molecule has 0 aliphatic carbocycles. The third-order valence-electron chi connectivity index (χ3n) is 4.82. The van der Waals surface area contributed by atoms with Gasteiger partial charge in [-0.1, -0.05) is 15.9 Å². The number of nitrogens with zero attached hydrogens (tertiary/aromatic N) is 3. The number of aromatic nitrogens is 2. The Morgan fingerprint density at radius 1 is 1.00 bits per heavy atom. The number of fused-ring (bicyclic) bond motifs is 1. The van der Waals surface area contributed by atoms with Gasteiger partial charge in [0.15, 0.2) is 0 Å². The van der Waals surface area contributed by atoms with E-state index in [-0.39, 0.29) is 4.90 Å². The second-order valence-corrected chi connectivity index (χ2v) is 10.8. The molecule has 0 aliphatic heterocycles. The van der Waals surface area contributed by atoms with Gasteiger partial charge in [-0.25, -0.2) is 18.4 Å². The number of halogens is 1. The minimum Gasteiger partial charge on any atom is -0.438 e. The Bertz CT molecular complexity index is 1320. The van der Waals surface area contributed by atoms with E-state index in [1.165, 1.54) is 22.6 Å². The van der Waals surface area contributed by atoms with Gasteiger partial charge in [0.05, 0.1) is 16.0 Å². The first-order chi connectivity index (χ1) is 14.3. The average molecular weight is 504 g/mol. The molecular formula is C21H18BrN3O3S2. The largest absolute Gasteiger partial charge is 0.438 e. The van der Waals surface area contributed by atoms with Gasteiger partial charge < -0.3 is 4.74 Å². The molecule has 6 nitrogen and oxygen atoms in total. The zero-order valence-corrected chi connectivity index (χ0v) is 19.7. The first kappa shape index (κ1) is 20.8. The highest BCUT2D eigenvalue weighted by molar-refractivity contribution is 9.10. The molecule has 2 aromatic carbocycles. The quantitative estimate of drug-likeness (QED) is 0.349. The summed E-state index contributed by atoms with van der Waals surface area (Å²) in [7, 11) is -2.13. The molecular weight excluding hydrogens is 486 g/mol. The molecule has 0 radical (unpaired) electrons. The summed E-state index contributed by atoms with van der Waals surface area (Å²) < 4.78 is 33.8. The molecule has 2 aromatic heterocycles. The van der Waals surface area contributed by atoms with Gasteiger partial charge in [-0.3, -0.25) is 4.31 Å². The topological polar surface area (TPSA) is 72.4 Å². The van der Waals surface area contributed by atoms with E-state index in [0.29, 0.717) is 17.3 Å². The Hall–Kier alpha value is -2.49.